The fraction of sp³-hybridized carbons (Fsp3) is 0.545. The maximum absolute atomic E-state index is 11.1. The molecule has 0 saturated carbocycles. The molecule has 0 bridgehead atoms. The Morgan fingerprint density at radius 3 is 2.81 bits per heavy atom. The molecule has 0 amide bonds. The van der Waals surface area contributed by atoms with E-state index in [1.165, 1.54) is 0 Å². The maximum Gasteiger partial charge on any atom is 0.129 e. The van der Waals surface area contributed by atoms with E-state index in [9.17, 15) is 4.21 Å². The SMILES string of the molecule is CC(CS(C)=O)NC(C)c1ccnc(Cl)c1. The Morgan fingerprint density at radius 1 is 1.56 bits per heavy atom. The summed E-state index contributed by atoms with van der Waals surface area (Å²) < 4.78 is 11.1. The second-order valence-electron chi connectivity index (χ2n) is 3.94. The quantitative estimate of drug-likeness (QED) is 0.825. The van der Waals surface area contributed by atoms with Crippen molar-refractivity contribution in [2.75, 3.05) is 12.0 Å². The standard InChI is InChI=1S/C11H17ClN2OS/c1-8(7-16(3)15)14-9(2)10-4-5-13-11(12)6-10/h4-6,8-9,14H,7H2,1-3H3. The molecule has 0 aromatic carbocycles. The van der Waals surface area contributed by atoms with E-state index >= 15 is 0 Å². The Balaban J connectivity index is 2.58. The molecular formula is C11H17ClN2OS. The first kappa shape index (κ1) is 13.6. The molecule has 90 valence electrons. The van der Waals surface area contributed by atoms with Crippen molar-refractivity contribution in [1.29, 1.82) is 0 Å². The average molecular weight is 261 g/mol. The summed E-state index contributed by atoms with van der Waals surface area (Å²) in [5.41, 5.74) is 1.09. The Morgan fingerprint density at radius 2 is 2.25 bits per heavy atom. The number of hydrogen-bond donors (Lipinski definition) is 1. The van der Waals surface area contributed by atoms with E-state index in [0.29, 0.717) is 10.9 Å². The maximum atomic E-state index is 11.1. The largest absolute Gasteiger partial charge is 0.307 e. The fourth-order valence-electron chi connectivity index (χ4n) is 1.61. The molecule has 1 heterocycles. The van der Waals surface area contributed by atoms with Gasteiger partial charge in [0.05, 0.1) is 0 Å². The number of hydrogen-bond acceptors (Lipinski definition) is 3. The second kappa shape index (κ2) is 6.33. The van der Waals surface area contributed by atoms with Crippen LogP contribution < -0.4 is 5.32 Å². The molecule has 5 heteroatoms. The molecule has 1 rings (SSSR count). The van der Waals surface area contributed by atoms with E-state index in [-0.39, 0.29) is 12.1 Å². The van der Waals surface area contributed by atoms with Crippen molar-refractivity contribution in [3.05, 3.63) is 29.0 Å². The molecule has 0 fully saturated rings. The lowest BCUT2D eigenvalue weighted by molar-refractivity contribution is 0.508. The summed E-state index contributed by atoms with van der Waals surface area (Å²) >= 11 is 5.82. The molecule has 0 radical (unpaired) electrons. The predicted octanol–water partition coefficient (Wildman–Crippen LogP) is 2.15. The van der Waals surface area contributed by atoms with E-state index < -0.39 is 10.8 Å². The summed E-state index contributed by atoms with van der Waals surface area (Å²) in [7, 11) is -0.774. The third-order valence-corrected chi connectivity index (χ3v) is 3.45. The van der Waals surface area contributed by atoms with Gasteiger partial charge in [-0.2, -0.15) is 0 Å². The van der Waals surface area contributed by atoms with Crippen molar-refractivity contribution in [1.82, 2.24) is 10.3 Å². The molecule has 3 atom stereocenters. The fourth-order valence-corrected chi connectivity index (χ4v) is 2.59. The highest BCUT2D eigenvalue weighted by Gasteiger charge is 2.10. The van der Waals surface area contributed by atoms with Crippen LogP contribution >= 0.6 is 11.6 Å². The first-order chi connectivity index (χ1) is 7.49. The van der Waals surface area contributed by atoms with Gasteiger partial charge in [-0.25, -0.2) is 4.98 Å². The highest BCUT2D eigenvalue weighted by molar-refractivity contribution is 7.84. The Hall–Kier alpha value is -0.450. The minimum Gasteiger partial charge on any atom is -0.307 e. The lowest BCUT2D eigenvalue weighted by Crippen LogP contribution is -2.33. The number of rotatable bonds is 5. The monoisotopic (exact) mass is 260 g/mol. The second-order valence-corrected chi connectivity index (χ2v) is 5.81. The van der Waals surface area contributed by atoms with Crippen LogP contribution in [0, 0.1) is 0 Å². The topological polar surface area (TPSA) is 42.0 Å². The van der Waals surface area contributed by atoms with Crippen molar-refractivity contribution in [2.45, 2.75) is 25.9 Å². The number of nitrogens with zero attached hydrogens (tertiary/aromatic N) is 1. The number of nitrogens with one attached hydrogen (secondary N) is 1. The van der Waals surface area contributed by atoms with Crippen LogP contribution in [0.3, 0.4) is 0 Å². The van der Waals surface area contributed by atoms with E-state index in [1.807, 2.05) is 19.1 Å². The van der Waals surface area contributed by atoms with Gasteiger partial charge in [0.2, 0.25) is 0 Å². The van der Waals surface area contributed by atoms with Crippen LogP contribution in [0.15, 0.2) is 18.3 Å². The van der Waals surface area contributed by atoms with Crippen LogP contribution in [0.5, 0.6) is 0 Å². The van der Waals surface area contributed by atoms with E-state index in [0.717, 1.165) is 5.56 Å². The first-order valence-electron chi connectivity index (χ1n) is 5.16. The third-order valence-electron chi connectivity index (χ3n) is 2.27. The average Bonchev–Trinajstić information content (AvgIpc) is 2.16. The Labute approximate surface area is 104 Å². The highest BCUT2D eigenvalue weighted by Crippen LogP contribution is 2.15. The molecule has 0 aliphatic carbocycles. The van der Waals surface area contributed by atoms with Gasteiger partial charge in [0.25, 0.3) is 0 Å². The van der Waals surface area contributed by atoms with Gasteiger partial charge < -0.3 is 5.32 Å². The predicted molar refractivity (Wildman–Crippen MR) is 69.2 cm³/mol. The van der Waals surface area contributed by atoms with Crippen LogP contribution in [0.25, 0.3) is 0 Å². The molecule has 16 heavy (non-hydrogen) atoms. The van der Waals surface area contributed by atoms with Gasteiger partial charge in [-0.1, -0.05) is 11.6 Å². The summed E-state index contributed by atoms with van der Waals surface area (Å²) in [6.07, 6.45) is 3.41. The van der Waals surface area contributed by atoms with Crippen molar-refractivity contribution in [3.63, 3.8) is 0 Å². The van der Waals surface area contributed by atoms with Crippen molar-refractivity contribution in [2.24, 2.45) is 0 Å². The van der Waals surface area contributed by atoms with Gasteiger partial charge in [-0.3, -0.25) is 4.21 Å². The minimum atomic E-state index is -0.774. The van der Waals surface area contributed by atoms with Gasteiger partial charge in [-0.15, -0.1) is 0 Å². The summed E-state index contributed by atoms with van der Waals surface area (Å²) in [5.74, 6) is 0.656. The summed E-state index contributed by atoms with van der Waals surface area (Å²) in [6, 6.07) is 4.17. The summed E-state index contributed by atoms with van der Waals surface area (Å²) in [4.78, 5) is 3.94. The van der Waals surface area contributed by atoms with Gasteiger partial charge in [0.1, 0.15) is 5.15 Å². The number of pyridine rings is 1. The van der Waals surface area contributed by atoms with Crippen molar-refractivity contribution >= 4 is 22.4 Å². The summed E-state index contributed by atoms with van der Waals surface area (Å²) in [5, 5.41) is 3.87. The van der Waals surface area contributed by atoms with Gasteiger partial charge in [-0.05, 0) is 31.5 Å². The van der Waals surface area contributed by atoms with Gasteiger partial charge in [0.15, 0.2) is 0 Å². The van der Waals surface area contributed by atoms with Gasteiger partial charge >= 0.3 is 0 Å². The Bertz CT molecular complexity index is 373. The van der Waals surface area contributed by atoms with E-state index in [2.05, 4.69) is 17.2 Å². The zero-order chi connectivity index (χ0) is 12.1. The smallest absolute Gasteiger partial charge is 0.129 e. The molecule has 3 unspecified atom stereocenters. The van der Waals surface area contributed by atoms with E-state index in [4.69, 9.17) is 11.6 Å². The van der Waals surface area contributed by atoms with Crippen molar-refractivity contribution < 1.29 is 4.21 Å². The third kappa shape index (κ3) is 4.60. The molecule has 0 saturated heterocycles. The van der Waals surface area contributed by atoms with Crippen LogP contribution in [0.4, 0.5) is 0 Å². The molecule has 0 aliphatic rings. The lowest BCUT2D eigenvalue weighted by atomic mass is 10.1. The molecule has 0 spiro atoms. The molecule has 0 aliphatic heterocycles. The lowest BCUT2D eigenvalue weighted by Gasteiger charge is -2.19. The number of aromatic nitrogens is 1. The van der Waals surface area contributed by atoms with Crippen molar-refractivity contribution in [3.8, 4) is 0 Å². The Kier molecular flexibility index (Phi) is 5.38. The first-order valence-corrected chi connectivity index (χ1v) is 7.27. The van der Waals surface area contributed by atoms with Crippen LogP contribution in [-0.2, 0) is 10.8 Å². The zero-order valence-electron chi connectivity index (χ0n) is 9.74. The molecule has 1 aromatic heterocycles. The normalized spacial score (nSPS) is 16.8. The highest BCUT2D eigenvalue weighted by atomic mass is 35.5. The van der Waals surface area contributed by atoms with E-state index in [1.54, 1.807) is 12.5 Å². The number of halogens is 1. The molecule has 1 aromatic rings. The van der Waals surface area contributed by atoms with Crippen LogP contribution in [-0.4, -0.2) is 27.2 Å². The molecule has 3 nitrogen and oxygen atoms in total. The zero-order valence-corrected chi connectivity index (χ0v) is 11.3. The van der Waals surface area contributed by atoms with Crippen LogP contribution in [0.2, 0.25) is 5.15 Å². The van der Waals surface area contributed by atoms with Gasteiger partial charge in [0, 0.05) is 41.1 Å². The minimum absolute atomic E-state index is 0.180. The molecular weight excluding hydrogens is 244 g/mol. The van der Waals surface area contributed by atoms with Crippen LogP contribution in [0.1, 0.15) is 25.5 Å². The summed E-state index contributed by atoms with van der Waals surface area (Å²) in [6.45, 7) is 4.08. The molecule has 1 N–H and O–H groups in total.